The Balaban J connectivity index is 2.63. The maximum atomic E-state index is 10.3. The van der Waals surface area contributed by atoms with Crippen molar-refractivity contribution in [2.24, 2.45) is 0 Å². The smallest absolute Gasteiger partial charge is 0.130 e. The third kappa shape index (κ3) is 2.59. The van der Waals surface area contributed by atoms with Crippen LogP contribution in [-0.2, 0) is 0 Å². The van der Waals surface area contributed by atoms with Gasteiger partial charge in [-0.2, -0.15) is 0 Å². The summed E-state index contributed by atoms with van der Waals surface area (Å²) in [6.07, 6.45) is 7.42. The van der Waals surface area contributed by atoms with Gasteiger partial charge in [0.05, 0.1) is 0 Å². The Bertz CT molecular complexity index is 608. The molecule has 2 N–H and O–H groups in total. The molecule has 2 rings (SSSR count). The van der Waals surface area contributed by atoms with Crippen LogP contribution in [-0.4, -0.2) is 10.2 Å². The van der Waals surface area contributed by atoms with Gasteiger partial charge in [-0.15, -0.1) is 0 Å². The van der Waals surface area contributed by atoms with Gasteiger partial charge >= 0.3 is 0 Å². The van der Waals surface area contributed by atoms with Crippen LogP contribution in [0.25, 0.3) is 23.3 Å². The summed E-state index contributed by atoms with van der Waals surface area (Å²) < 4.78 is 0. The SMILES string of the molecule is CC=Cc1cccc(-c2cccc(C=CC)c2O)c1O. The highest BCUT2D eigenvalue weighted by atomic mass is 16.3. The molecule has 0 aliphatic carbocycles. The number of rotatable bonds is 3. The molecule has 0 aliphatic rings. The van der Waals surface area contributed by atoms with Gasteiger partial charge in [0.25, 0.3) is 0 Å². The van der Waals surface area contributed by atoms with Crippen LogP contribution in [0.15, 0.2) is 48.6 Å². The molecule has 102 valence electrons. The van der Waals surface area contributed by atoms with E-state index in [1.165, 1.54) is 0 Å². The van der Waals surface area contributed by atoms with Gasteiger partial charge in [-0.05, 0) is 13.8 Å². The van der Waals surface area contributed by atoms with E-state index in [2.05, 4.69) is 0 Å². The minimum Gasteiger partial charge on any atom is -0.507 e. The van der Waals surface area contributed by atoms with Crippen molar-refractivity contribution < 1.29 is 10.2 Å². The maximum absolute atomic E-state index is 10.3. The normalized spacial score (nSPS) is 11.5. The molecule has 0 atom stereocenters. The van der Waals surface area contributed by atoms with Crippen molar-refractivity contribution in [1.29, 1.82) is 0 Å². The number of aromatic hydroxyl groups is 2. The molecular formula is C18H18O2. The second kappa shape index (κ2) is 6.11. The predicted octanol–water partition coefficient (Wildman–Crippen LogP) is 4.83. The van der Waals surface area contributed by atoms with Gasteiger partial charge in [0.2, 0.25) is 0 Å². The second-order valence-electron chi connectivity index (χ2n) is 4.49. The Hall–Kier alpha value is -2.48. The van der Waals surface area contributed by atoms with Crippen molar-refractivity contribution in [3.8, 4) is 22.6 Å². The van der Waals surface area contributed by atoms with Crippen LogP contribution >= 0.6 is 0 Å². The Morgan fingerprint density at radius 1 is 0.700 bits per heavy atom. The van der Waals surface area contributed by atoms with Gasteiger partial charge in [0, 0.05) is 22.3 Å². The van der Waals surface area contributed by atoms with Crippen LogP contribution in [0, 0.1) is 0 Å². The van der Waals surface area contributed by atoms with E-state index < -0.39 is 0 Å². The van der Waals surface area contributed by atoms with E-state index >= 15 is 0 Å². The number of hydrogen-bond acceptors (Lipinski definition) is 2. The van der Waals surface area contributed by atoms with Crippen LogP contribution in [0.4, 0.5) is 0 Å². The van der Waals surface area contributed by atoms with Crippen molar-refractivity contribution in [1.82, 2.24) is 0 Å². The molecule has 2 heteroatoms. The molecule has 0 radical (unpaired) electrons. The van der Waals surface area contributed by atoms with Gasteiger partial charge in [-0.25, -0.2) is 0 Å². The summed E-state index contributed by atoms with van der Waals surface area (Å²) in [6, 6.07) is 11.0. The Kier molecular flexibility index (Phi) is 4.26. The summed E-state index contributed by atoms with van der Waals surface area (Å²) >= 11 is 0. The van der Waals surface area contributed by atoms with Crippen LogP contribution < -0.4 is 0 Å². The highest BCUT2D eigenvalue weighted by molar-refractivity contribution is 5.82. The van der Waals surface area contributed by atoms with E-state index in [1.54, 1.807) is 12.1 Å². The summed E-state index contributed by atoms with van der Waals surface area (Å²) in [7, 11) is 0. The molecule has 0 saturated heterocycles. The summed E-state index contributed by atoms with van der Waals surface area (Å²) in [6.45, 7) is 3.80. The van der Waals surface area contributed by atoms with Crippen molar-refractivity contribution in [3.05, 3.63) is 59.7 Å². The Labute approximate surface area is 119 Å². The number of benzene rings is 2. The molecule has 0 unspecified atom stereocenters. The molecule has 0 fully saturated rings. The van der Waals surface area contributed by atoms with Crippen LogP contribution in [0.5, 0.6) is 11.5 Å². The third-order valence-electron chi connectivity index (χ3n) is 3.12. The van der Waals surface area contributed by atoms with E-state index in [4.69, 9.17) is 0 Å². The average molecular weight is 266 g/mol. The molecule has 0 spiro atoms. The first-order valence-electron chi connectivity index (χ1n) is 6.58. The summed E-state index contributed by atoms with van der Waals surface area (Å²) in [5, 5.41) is 20.7. The number of para-hydroxylation sites is 2. The van der Waals surface area contributed by atoms with Crippen molar-refractivity contribution in [2.75, 3.05) is 0 Å². The molecule has 0 aromatic heterocycles. The number of phenols is 2. The van der Waals surface area contributed by atoms with Crippen molar-refractivity contribution >= 4 is 12.2 Å². The lowest BCUT2D eigenvalue weighted by Gasteiger charge is -2.11. The molecule has 0 bridgehead atoms. The number of phenolic OH excluding ortho intramolecular Hbond substituents is 2. The van der Waals surface area contributed by atoms with Gasteiger partial charge in [0.1, 0.15) is 11.5 Å². The van der Waals surface area contributed by atoms with E-state index in [9.17, 15) is 10.2 Å². The molecule has 2 nitrogen and oxygen atoms in total. The molecule has 0 saturated carbocycles. The van der Waals surface area contributed by atoms with Crippen LogP contribution in [0.2, 0.25) is 0 Å². The molecule has 2 aromatic rings. The highest BCUT2D eigenvalue weighted by Crippen LogP contribution is 2.39. The first-order chi connectivity index (χ1) is 9.69. The summed E-state index contributed by atoms with van der Waals surface area (Å²) in [5.74, 6) is 0.358. The second-order valence-corrected chi connectivity index (χ2v) is 4.49. The minimum atomic E-state index is 0.179. The summed E-state index contributed by atoms with van der Waals surface area (Å²) in [5.41, 5.74) is 2.73. The Morgan fingerprint density at radius 3 is 1.45 bits per heavy atom. The summed E-state index contributed by atoms with van der Waals surface area (Å²) in [4.78, 5) is 0. The lowest BCUT2D eigenvalue weighted by atomic mass is 9.98. The van der Waals surface area contributed by atoms with Gasteiger partial charge in [0.15, 0.2) is 0 Å². The van der Waals surface area contributed by atoms with Crippen LogP contribution in [0.1, 0.15) is 25.0 Å². The average Bonchev–Trinajstić information content (AvgIpc) is 2.44. The lowest BCUT2D eigenvalue weighted by Crippen LogP contribution is -1.85. The number of allylic oxidation sites excluding steroid dienone is 2. The first kappa shape index (κ1) is 13.9. The molecule has 20 heavy (non-hydrogen) atoms. The number of hydrogen-bond donors (Lipinski definition) is 2. The molecular weight excluding hydrogens is 248 g/mol. The highest BCUT2D eigenvalue weighted by Gasteiger charge is 2.12. The van der Waals surface area contributed by atoms with Crippen molar-refractivity contribution in [2.45, 2.75) is 13.8 Å². The molecule has 0 heterocycles. The fourth-order valence-electron chi connectivity index (χ4n) is 2.19. The molecule has 0 aliphatic heterocycles. The fourth-order valence-corrected chi connectivity index (χ4v) is 2.19. The largest absolute Gasteiger partial charge is 0.507 e. The zero-order valence-electron chi connectivity index (χ0n) is 11.7. The van der Waals surface area contributed by atoms with Crippen molar-refractivity contribution in [3.63, 3.8) is 0 Å². The fraction of sp³-hybridized carbons (Fsp3) is 0.111. The topological polar surface area (TPSA) is 40.5 Å². The van der Waals surface area contributed by atoms with E-state index in [0.717, 1.165) is 11.1 Å². The lowest BCUT2D eigenvalue weighted by molar-refractivity contribution is 0.468. The predicted molar refractivity (Wildman–Crippen MR) is 84.6 cm³/mol. The van der Waals surface area contributed by atoms with Crippen LogP contribution in [0.3, 0.4) is 0 Å². The van der Waals surface area contributed by atoms with E-state index in [0.29, 0.717) is 11.1 Å². The van der Waals surface area contributed by atoms with E-state index in [1.807, 2.05) is 62.4 Å². The van der Waals surface area contributed by atoms with Gasteiger partial charge in [-0.3, -0.25) is 0 Å². The van der Waals surface area contributed by atoms with Gasteiger partial charge in [-0.1, -0.05) is 60.7 Å². The zero-order valence-corrected chi connectivity index (χ0v) is 11.7. The standard InChI is InChI=1S/C18H18O2/c1-3-7-13-9-5-11-15(17(13)19)16-12-6-10-14(8-4-2)18(16)20/h3-12,19-20H,1-2H3. The first-order valence-corrected chi connectivity index (χ1v) is 6.58. The monoisotopic (exact) mass is 266 g/mol. The third-order valence-corrected chi connectivity index (χ3v) is 3.12. The molecule has 2 aromatic carbocycles. The Morgan fingerprint density at radius 2 is 1.10 bits per heavy atom. The molecule has 0 amide bonds. The quantitative estimate of drug-likeness (QED) is 0.835. The van der Waals surface area contributed by atoms with E-state index in [-0.39, 0.29) is 11.5 Å². The minimum absolute atomic E-state index is 0.179. The van der Waals surface area contributed by atoms with Gasteiger partial charge < -0.3 is 10.2 Å². The maximum Gasteiger partial charge on any atom is 0.130 e. The zero-order chi connectivity index (χ0) is 14.5.